The third-order valence-electron chi connectivity index (χ3n) is 5.64. The summed E-state index contributed by atoms with van der Waals surface area (Å²) < 4.78 is 1.98. The van der Waals surface area contributed by atoms with Crippen LogP contribution in [0.25, 0.3) is 0 Å². The van der Waals surface area contributed by atoms with Crippen LogP contribution < -0.4 is 0 Å². The summed E-state index contributed by atoms with van der Waals surface area (Å²) in [7, 11) is 0. The molecule has 2 aliphatic heterocycles. The highest BCUT2D eigenvalue weighted by molar-refractivity contribution is 5.94. The van der Waals surface area contributed by atoms with Crippen molar-refractivity contribution in [3.63, 3.8) is 0 Å². The Morgan fingerprint density at radius 1 is 1.24 bits per heavy atom. The number of amides is 2. The SMILES string of the molecule is Cc1cccnc1C(=O)N1C[C@@H](O)C[C@H]1c1nnc2n1CCN(C(=O)C(C)C)C2. The predicted octanol–water partition coefficient (Wildman–Crippen LogP) is 0.928. The van der Waals surface area contributed by atoms with E-state index in [1.165, 1.54) is 0 Å². The first kappa shape index (κ1) is 19.5. The number of carbonyl (C=O) groups is 2. The lowest BCUT2D eigenvalue weighted by Crippen LogP contribution is -2.41. The van der Waals surface area contributed by atoms with E-state index in [4.69, 9.17) is 0 Å². The zero-order chi connectivity index (χ0) is 20.7. The molecule has 0 unspecified atom stereocenters. The minimum Gasteiger partial charge on any atom is -0.391 e. The van der Waals surface area contributed by atoms with Crippen LogP contribution in [0.1, 0.15) is 54.0 Å². The molecule has 0 bridgehead atoms. The van der Waals surface area contributed by atoms with E-state index < -0.39 is 6.10 Å². The first-order valence-electron chi connectivity index (χ1n) is 9.98. The molecule has 1 fully saturated rings. The fourth-order valence-corrected chi connectivity index (χ4v) is 4.11. The number of aliphatic hydroxyl groups is 1. The first-order valence-corrected chi connectivity index (χ1v) is 9.98. The monoisotopic (exact) mass is 398 g/mol. The number of hydrogen-bond donors (Lipinski definition) is 1. The first-order chi connectivity index (χ1) is 13.9. The fraction of sp³-hybridized carbons (Fsp3) is 0.550. The molecule has 0 spiro atoms. The average molecular weight is 398 g/mol. The molecule has 0 radical (unpaired) electrons. The summed E-state index contributed by atoms with van der Waals surface area (Å²) in [6.07, 6.45) is 1.38. The summed E-state index contributed by atoms with van der Waals surface area (Å²) in [4.78, 5) is 33.1. The van der Waals surface area contributed by atoms with Gasteiger partial charge in [0.1, 0.15) is 5.69 Å². The highest BCUT2D eigenvalue weighted by Crippen LogP contribution is 2.33. The van der Waals surface area contributed by atoms with Gasteiger partial charge in [0.2, 0.25) is 5.91 Å². The van der Waals surface area contributed by atoms with Crippen molar-refractivity contribution in [2.75, 3.05) is 13.1 Å². The highest BCUT2D eigenvalue weighted by Gasteiger charge is 2.40. The Kier molecular flexibility index (Phi) is 5.08. The summed E-state index contributed by atoms with van der Waals surface area (Å²) in [6.45, 7) is 7.42. The molecule has 154 valence electrons. The van der Waals surface area contributed by atoms with Gasteiger partial charge in [0, 0.05) is 38.2 Å². The molecule has 9 nitrogen and oxygen atoms in total. The Labute approximate surface area is 169 Å². The van der Waals surface area contributed by atoms with E-state index in [0.29, 0.717) is 43.4 Å². The fourth-order valence-electron chi connectivity index (χ4n) is 4.11. The van der Waals surface area contributed by atoms with E-state index in [2.05, 4.69) is 15.2 Å². The van der Waals surface area contributed by atoms with Gasteiger partial charge in [0.05, 0.1) is 18.7 Å². The molecule has 0 saturated carbocycles. The normalized spacial score (nSPS) is 21.6. The van der Waals surface area contributed by atoms with Crippen molar-refractivity contribution < 1.29 is 14.7 Å². The Balaban J connectivity index is 1.61. The van der Waals surface area contributed by atoms with E-state index in [1.807, 2.05) is 31.4 Å². The van der Waals surface area contributed by atoms with Crippen LogP contribution >= 0.6 is 0 Å². The number of rotatable bonds is 3. The molecule has 2 amide bonds. The lowest BCUT2D eigenvalue weighted by atomic mass is 10.1. The van der Waals surface area contributed by atoms with Crippen molar-refractivity contribution in [2.24, 2.45) is 5.92 Å². The molecule has 2 aliphatic rings. The van der Waals surface area contributed by atoms with Crippen LogP contribution in [0.4, 0.5) is 0 Å². The molecular formula is C20H26N6O3. The number of aliphatic hydroxyl groups excluding tert-OH is 1. The van der Waals surface area contributed by atoms with Crippen molar-refractivity contribution in [2.45, 2.75) is 52.4 Å². The van der Waals surface area contributed by atoms with Gasteiger partial charge in [-0.3, -0.25) is 14.6 Å². The van der Waals surface area contributed by atoms with Gasteiger partial charge in [-0.2, -0.15) is 0 Å². The molecule has 2 aromatic heterocycles. The topological polar surface area (TPSA) is 104 Å². The van der Waals surface area contributed by atoms with Crippen molar-refractivity contribution in [1.29, 1.82) is 0 Å². The van der Waals surface area contributed by atoms with Crippen molar-refractivity contribution in [1.82, 2.24) is 29.5 Å². The van der Waals surface area contributed by atoms with E-state index >= 15 is 0 Å². The number of fused-ring (bicyclic) bond motifs is 1. The van der Waals surface area contributed by atoms with Gasteiger partial charge in [0.15, 0.2) is 11.6 Å². The van der Waals surface area contributed by atoms with Crippen LogP contribution in [-0.2, 0) is 17.9 Å². The molecule has 1 N–H and O–H groups in total. The van der Waals surface area contributed by atoms with Gasteiger partial charge < -0.3 is 19.5 Å². The Morgan fingerprint density at radius 3 is 2.76 bits per heavy atom. The van der Waals surface area contributed by atoms with Crippen LogP contribution in [0.2, 0.25) is 0 Å². The smallest absolute Gasteiger partial charge is 0.273 e. The van der Waals surface area contributed by atoms with E-state index in [-0.39, 0.29) is 30.3 Å². The summed E-state index contributed by atoms with van der Waals surface area (Å²) >= 11 is 0. The lowest BCUT2D eigenvalue weighted by molar-refractivity contribution is -0.136. The molecule has 0 aromatic carbocycles. The van der Waals surface area contributed by atoms with Gasteiger partial charge in [0.25, 0.3) is 5.91 Å². The molecule has 4 rings (SSSR count). The second-order valence-corrected chi connectivity index (χ2v) is 8.07. The van der Waals surface area contributed by atoms with Gasteiger partial charge in [-0.05, 0) is 18.6 Å². The maximum atomic E-state index is 13.1. The summed E-state index contributed by atoms with van der Waals surface area (Å²) in [5.41, 5.74) is 1.18. The maximum absolute atomic E-state index is 13.1. The zero-order valence-corrected chi connectivity index (χ0v) is 16.9. The second-order valence-electron chi connectivity index (χ2n) is 8.07. The number of hydrogen-bond acceptors (Lipinski definition) is 6. The van der Waals surface area contributed by atoms with Gasteiger partial charge in [-0.25, -0.2) is 0 Å². The lowest BCUT2D eigenvalue weighted by Gasteiger charge is -2.31. The highest BCUT2D eigenvalue weighted by atomic mass is 16.3. The summed E-state index contributed by atoms with van der Waals surface area (Å²) in [6, 6.07) is 3.27. The molecular weight excluding hydrogens is 372 g/mol. The number of carbonyl (C=O) groups excluding carboxylic acids is 2. The molecule has 1 saturated heterocycles. The van der Waals surface area contributed by atoms with Crippen LogP contribution in [0.3, 0.4) is 0 Å². The Morgan fingerprint density at radius 2 is 2.03 bits per heavy atom. The molecule has 0 aliphatic carbocycles. The quantitative estimate of drug-likeness (QED) is 0.825. The Bertz CT molecular complexity index is 940. The standard InChI is InChI=1S/C20H26N6O3/c1-12(2)19(28)24-7-8-25-16(11-24)22-23-18(25)15-9-14(27)10-26(15)20(29)17-13(3)5-4-6-21-17/h4-6,12,14-15,27H,7-11H2,1-3H3/t14-,15-/m0/s1. The molecule has 9 heteroatoms. The second kappa shape index (κ2) is 7.55. The van der Waals surface area contributed by atoms with Gasteiger partial charge in [-0.1, -0.05) is 19.9 Å². The number of nitrogens with zero attached hydrogens (tertiary/aromatic N) is 6. The zero-order valence-electron chi connectivity index (χ0n) is 16.9. The Hall–Kier alpha value is -2.81. The largest absolute Gasteiger partial charge is 0.391 e. The maximum Gasteiger partial charge on any atom is 0.273 e. The van der Waals surface area contributed by atoms with Crippen molar-refractivity contribution in [3.05, 3.63) is 41.2 Å². The number of aromatic nitrogens is 4. The van der Waals surface area contributed by atoms with Gasteiger partial charge in [-0.15, -0.1) is 10.2 Å². The number of aryl methyl sites for hydroxylation is 1. The van der Waals surface area contributed by atoms with E-state index in [1.54, 1.807) is 22.1 Å². The van der Waals surface area contributed by atoms with Crippen LogP contribution in [0.5, 0.6) is 0 Å². The number of likely N-dealkylation sites (tertiary alicyclic amines) is 1. The summed E-state index contributed by atoms with van der Waals surface area (Å²) in [5.74, 6) is 1.19. The molecule has 29 heavy (non-hydrogen) atoms. The van der Waals surface area contributed by atoms with Crippen LogP contribution in [0, 0.1) is 12.8 Å². The third kappa shape index (κ3) is 3.50. The van der Waals surface area contributed by atoms with Crippen molar-refractivity contribution >= 4 is 11.8 Å². The van der Waals surface area contributed by atoms with Crippen LogP contribution in [-0.4, -0.2) is 65.7 Å². The van der Waals surface area contributed by atoms with E-state index in [9.17, 15) is 14.7 Å². The molecule has 2 aromatic rings. The molecule has 2 atom stereocenters. The predicted molar refractivity (Wildman–Crippen MR) is 104 cm³/mol. The van der Waals surface area contributed by atoms with E-state index in [0.717, 1.165) is 5.56 Å². The van der Waals surface area contributed by atoms with Crippen molar-refractivity contribution in [3.8, 4) is 0 Å². The van der Waals surface area contributed by atoms with Crippen LogP contribution in [0.15, 0.2) is 18.3 Å². The summed E-state index contributed by atoms with van der Waals surface area (Å²) in [5, 5.41) is 18.9. The minimum atomic E-state index is -0.622. The minimum absolute atomic E-state index is 0.0661. The number of β-amino-alcohol motifs (C(OH)–C–C–N with tert-alkyl or cyclic N) is 1. The third-order valence-corrected chi connectivity index (χ3v) is 5.64. The van der Waals surface area contributed by atoms with Gasteiger partial charge >= 0.3 is 0 Å². The molecule has 4 heterocycles. The number of pyridine rings is 1. The average Bonchev–Trinajstić information content (AvgIpc) is 3.29.